The van der Waals surface area contributed by atoms with Gasteiger partial charge >= 0.3 is 0 Å². The molecule has 1 heterocycles. The van der Waals surface area contributed by atoms with Gasteiger partial charge in [-0.1, -0.05) is 23.8 Å². The van der Waals surface area contributed by atoms with Crippen molar-refractivity contribution in [3.8, 4) is 0 Å². The predicted molar refractivity (Wildman–Crippen MR) is 80.9 cm³/mol. The minimum atomic E-state index is 0.0188. The molecule has 1 aromatic heterocycles. The van der Waals surface area contributed by atoms with E-state index >= 15 is 0 Å². The van der Waals surface area contributed by atoms with Gasteiger partial charge in [-0.25, -0.2) is 0 Å². The molecule has 0 radical (unpaired) electrons. The number of hydrogen-bond donors (Lipinski definition) is 1. The zero-order valence-corrected chi connectivity index (χ0v) is 12.4. The van der Waals surface area contributed by atoms with E-state index in [1.54, 1.807) is 11.3 Å². The van der Waals surface area contributed by atoms with Crippen LogP contribution in [0, 0.1) is 13.8 Å². The summed E-state index contributed by atoms with van der Waals surface area (Å²) in [6.07, 6.45) is 0.883. The highest BCUT2D eigenvalue weighted by molar-refractivity contribution is 7.09. The Morgan fingerprint density at radius 2 is 2.11 bits per heavy atom. The van der Waals surface area contributed by atoms with Gasteiger partial charge in [-0.05, 0) is 43.8 Å². The Kier molecular flexibility index (Phi) is 4.38. The third-order valence-electron chi connectivity index (χ3n) is 3.10. The summed E-state index contributed by atoms with van der Waals surface area (Å²) in [5.41, 5.74) is 2.91. The van der Waals surface area contributed by atoms with Crippen molar-refractivity contribution in [2.24, 2.45) is 0 Å². The van der Waals surface area contributed by atoms with Gasteiger partial charge in [0.2, 0.25) is 0 Å². The lowest BCUT2D eigenvalue weighted by atomic mass is 10.0. The molecular formula is C16H19NOS. The Morgan fingerprint density at radius 1 is 1.32 bits per heavy atom. The van der Waals surface area contributed by atoms with Gasteiger partial charge in [-0.3, -0.25) is 4.79 Å². The largest absolute Gasteiger partial charge is 0.349 e. The van der Waals surface area contributed by atoms with E-state index in [0.29, 0.717) is 0 Å². The normalized spacial score (nSPS) is 12.2. The van der Waals surface area contributed by atoms with E-state index in [1.807, 2.05) is 45.0 Å². The van der Waals surface area contributed by atoms with Crippen LogP contribution < -0.4 is 5.32 Å². The maximum absolute atomic E-state index is 12.2. The van der Waals surface area contributed by atoms with Crippen LogP contribution in [0.15, 0.2) is 35.7 Å². The fraction of sp³-hybridized carbons (Fsp3) is 0.312. The van der Waals surface area contributed by atoms with Gasteiger partial charge in [0.05, 0.1) is 0 Å². The highest BCUT2D eigenvalue weighted by Gasteiger charge is 2.12. The summed E-state index contributed by atoms with van der Waals surface area (Å²) in [5, 5.41) is 5.13. The molecule has 3 heteroatoms. The quantitative estimate of drug-likeness (QED) is 0.903. The molecule has 1 aromatic carbocycles. The fourth-order valence-corrected chi connectivity index (χ4v) is 2.90. The van der Waals surface area contributed by atoms with E-state index in [4.69, 9.17) is 0 Å². The first-order valence-corrected chi connectivity index (χ1v) is 7.34. The zero-order valence-electron chi connectivity index (χ0n) is 11.6. The number of carbonyl (C=O) groups excluding carboxylic acids is 1. The summed E-state index contributed by atoms with van der Waals surface area (Å²) in [6.45, 7) is 6.02. The second-order valence-electron chi connectivity index (χ2n) is 4.98. The molecule has 2 rings (SSSR count). The van der Waals surface area contributed by atoms with Crippen LogP contribution in [0.3, 0.4) is 0 Å². The highest BCUT2D eigenvalue weighted by atomic mass is 32.1. The number of hydrogen-bond acceptors (Lipinski definition) is 2. The minimum Gasteiger partial charge on any atom is -0.349 e. The molecule has 2 nitrogen and oxygen atoms in total. The Balaban J connectivity index is 2.02. The number of rotatable bonds is 4. The van der Waals surface area contributed by atoms with Gasteiger partial charge in [0.15, 0.2) is 0 Å². The smallest absolute Gasteiger partial charge is 0.251 e. The number of amides is 1. The zero-order chi connectivity index (χ0) is 13.8. The third-order valence-corrected chi connectivity index (χ3v) is 4.00. The van der Waals surface area contributed by atoms with Gasteiger partial charge in [0.25, 0.3) is 5.91 Å². The number of aryl methyl sites for hydroxylation is 2. The molecule has 19 heavy (non-hydrogen) atoms. The number of thiophene rings is 1. The Hall–Kier alpha value is -1.61. The lowest BCUT2D eigenvalue weighted by Crippen LogP contribution is -2.34. The van der Waals surface area contributed by atoms with Crippen LogP contribution in [0.1, 0.15) is 33.3 Å². The highest BCUT2D eigenvalue weighted by Crippen LogP contribution is 2.13. The van der Waals surface area contributed by atoms with E-state index in [0.717, 1.165) is 23.1 Å². The summed E-state index contributed by atoms with van der Waals surface area (Å²) in [4.78, 5) is 13.5. The number of carbonyl (C=O) groups is 1. The van der Waals surface area contributed by atoms with Crippen LogP contribution in [-0.2, 0) is 6.42 Å². The van der Waals surface area contributed by atoms with Gasteiger partial charge < -0.3 is 5.32 Å². The molecule has 1 unspecified atom stereocenters. The van der Waals surface area contributed by atoms with Crippen LogP contribution in [0.5, 0.6) is 0 Å². The lowest BCUT2D eigenvalue weighted by molar-refractivity contribution is 0.0939. The molecule has 0 spiro atoms. The predicted octanol–water partition coefficient (Wildman–Crippen LogP) is 3.73. The molecule has 1 N–H and O–H groups in total. The number of benzene rings is 1. The molecule has 1 atom stereocenters. The summed E-state index contributed by atoms with van der Waals surface area (Å²) in [5.74, 6) is 0.0188. The van der Waals surface area contributed by atoms with E-state index < -0.39 is 0 Å². The van der Waals surface area contributed by atoms with Crippen molar-refractivity contribution in [1.82, 2.24) is 5.32 Å². The maximum atomic E-state index is 12.2. The van der Waals surface area contributed by atoms with Gasteiger partial charge in [-0.15, -0.1) is 11.3 Å². The molecule has 0 bridgehead atoms. The van der Waals surface area contributed by atoms with Gasteiger partial charge in [0.1, 0.15) is 0 Å². The van der Waals surface area contributed by atoms with Crippen molar-refractivity contribution in [2.45, 2.75) is 33.2 Å². The van der Waals surface area contributed by atoms with Crippen molar-refractivity contribution >= 4 is 17.2 Å². The van der Waals surface area contributed by atoms with Gasteiger partial charge in [0, 0.05) is 22.9 Å². The maximum Gasteiger partial charge on any atom is 0.251 e. The number of nitrogens with one attached hydrogen (secondary N) is 1. The second kappa shape index (κ2) is 6.02. The Bertz CT molecular complexity index is 560. The van der Waals surface area contributed by atoms with Crippen LogP contribution in [0.25, 0.3) is 0 Å². The molecular weight excluding hydrogens is 254 g/mol. The standard InChI is InChI=1S/C16H19NOS/c1-11-6-7-12(2)15(9-11)16(18)17-13(3)10-14-5-4-8-19-14/h4-9,13H,10H2,1-3H3,(H,17,18). The van der Waals surface area contributed by atoms with Crippen molar-refractivity contribution in [3.05, 3.63) is 57.3 Å². The topological polar surface area (TPSA) is 29.1 Å². The Labute approximate surface area is 118 Å². The molecule has 0 aliphatic heterocycles. The molecule has 0 saturated carbocycles. The van der Waals surface area contributed by atoms with Crippen molar-refractivity contribution in [3.63, 3.8) is 0 Å². The first-order chi connectivity index (χ1) is 9.06. The van der Waals surface area contributed by atoms with E-state index in [2.05, 4.69) is 16.8 Å². The molecule has 1 amide bonds. The lowest BCUT2D eigenvalue weighted by Gasteiger charge is -2.14. The van der Waals surface area contributed by atoms with Crippen molar-refractivity contribution in [2.75, 3.05) is 0 Å². The van der Waals surface area contributed by atoms with Crippen LogP contribution in [0.4, 0.5) is 0 Å². The fourth-order valence-electron chi connectivity index (χ4n) is 2.06. The van der Waals surface area contributed by atoms with Crippen molar-refractivity contribution < 1.29 is 4.79 Å². The molecule has 0 aliphatic rings. The van der Waals surface area contributed by atoms with Gasteiger partial charge in [-0.2, -0.15) is 0 Å². The Morgan fingerprint density at radius 3 is 2.79 bits per heavy atom. The van der Waals surface area contributed by atoms with Crippen LogP contribution >= 0.6 is 11.3 Å². The molecule has 0 saturated heterocycles. The summed E-state index contributed by atoms with van der Waals surface area (Å²) >= 11 is 1.73. The average Bonchev–Trinajstić information content (AvgIpc) is 2.84. The SMILES string of the molecule is Cc1ccc(C)c(C(=O)NC(C)Cc2cccs2)c1. The summed E-state index contributed by atoms with van der Waals surface area (Å²) in [6, 6.07) is 10.3. The monoisotopic (exact) mass is 273 g/mol. The molecule has 0 fully saturated rings. The first kappa shape index (κ1) is 13.8. The third kappa shape index (κ3) is 3.67. The van der Waals surface area contributed by atoms with Crippen LogP contribution in [-0.4, -0.2) is 11.9 Å². The van der Waals surface area contributed by atoms with E-state index in [1.165, 1.54) is 4.88 Å². The average molecular weight is 273 g/mol. The molecule has 2 aromatic rings. The summed E-state index contributed by atoms with van der Waals surface area (Å²) < 4.78 is 0. The minimum absolute atomic E-state index is 0.0188. The molecule has 100 valence electrons. The molecule has 0 aliphatic carbocycles. The second-order valence-corrected chi connectivity index (χ2v) is 6.01. The van der Waals surface area contributed by atoms with Crippen LogP contribution in [0.2, 0.25) is 0 Å². The van der Waals surface area contributed by atoms with E-state index in [9.17, 15) is 4.79 Å². The first-order valence-electron chi connectivity index (χ1n) is 6.47. The van der Waals surface area contributed by atoms with Crippen molar-refractivity contribution in [1.29, 1.82) is 0 Å². The summed E-state index contributed by atoms with van der Waals surface area (Å²) in [7, 11) is 0. The van der Waals surface area contributed by atoms with E-state index in [-0.39, 0.29) is 11.9 Å².